The first kappa shape index (κ1) is 22.6. The van der Waals surface area contributed by atoms with E-state index in [1.165, 1.54) is 49.8 Å². The van der Waals surface area contributed by atoms with E-state index in [0.717, 1.165) is 19.5 Å². The maximum atomic E-state index is 2.50. The fourth-order valence-electron chi connectivity index (χ4n) is 4.34. The van der Waals surface area contributed by atoms with Gasteiger partial charge in [-0.2, -0.15) is 0 Å². The highest BCUT2D eigenvalue weighted by atomic mass is 15.1. The average molecular weight is 381 g/mol. The Morgan fingerprint density at radius 2 is 1.36 bits per heavy atom. The Balaban J connectivity index is 1.97. The van der Waals surface area contributed by atoms with E-state index in [1.807, 2.05) is 0 Å². The summed E-state index contributed by atoms with van der Waals surface area (Å²) in [5, 5.41) is 0. The molecule has 2 aromatic carbocycles. The van der Waals surface area contributed by atoms with Crippen LogP contribution in [-0.2, 0) is 11.8 Å². The van der Waals surface area contributed by atoms with E-state index < -0.39 is 0 Å². The van der Waals surface area contributed by atoms with Gasteiger partial charge < -0.3 is 9.80 Å². The first-order valence-electron chi connectivity index (χ1n) is 11.0. The van der Waals surface area contributed by atoms with Crippen molar-refractivity contribution in [3.05, 3.63) is 71.8 Å². The fourth-order valence-corrected chi connectivity index (χ4v) is 4.34. The lowest BCUT2D eigenvalue weighted by atomic mass is 9.72. The normalized spacial score (nSPS) is 13.8. The van der Waals surface area contributed by atoms with Gasteiger partial charge >= 0.3 is 0 Å². The van der Waals surface area contributed by atoms with Gasteiger partial charge in [0.05, 0.1) is 0 Å². The second-order valence-electron chi connectivity index (χ2n) is 8.63. The molecule has 1 atom stereocenters. The molecule has 0 heterocycles. The van der Waals surface area contributed by atoms with E-state index in [0.29, 0.717) is 0 Å². The molecule has 0 saturated heterocycles. The third kappa shape index (κ3) is 7.41. The SMILES string of the molecule is CCCCC(CCCN(C)CCc1ccccc1)(CN(C)C)c1ccccc1. The Morgan fingerprint density at radius 3 is 1.96 bits per heavy atom. The van der Waals surface area contributed by atoms with Gasteiger partial charge in [-0.1, -0.05) is 80.4 Å². The molecule has 2 aromatic rings. The Hall–Kier alpha value is -1.64. The van der Waals surface area contributed by atoms with E-state index >= 15 is 0 Å². The van der Waals surface area contributed by atoms with Gasteiger partial charge in [0.1, 0.15) is 0 Å². The van der Waals surface area contributed by atoms with Crippen LogP contribution < -0.4 is 0 Å². The average Bonchev–Trinajstić information content (AvgIpc) is 2.71. The van der Waals surface area contributed by atoms with Gasteiger partial charge in [-0.3, -0.25) is 0 Å². The van der Waals surface area contributed by atoms with Gasteiger partial charge in [0.15, 0.2) is 0 Å². The van der Waals surface area contributed by atoms with Crippen molar-refractivity contribution < 1.29 is 0 Å². The number of likely N-dealkylation sites (N-methyl/N-ethyl adjacent to an activating group) is 2. The summed E-state index contributed by atoms with van der Waals surface area (Å²) in [7, 11) is 6.70. The fraction of sp³-hybridized carbons (Fsp3) is 0.538. The van der Waals surface area contributed by atoms with Gasteiger partial charge in [-0.05, 0) is 64.5 Å². The van der Waals surface area contributed by atoms with Gasteiger partial charge in [0, 0.05) is 18.5 Å². The number of nitrogens with zero attached hydrogens (tertiary/aromatic N) is 2. The monoisotopic (exact) mass is 380 g/mol. The second-order valence-corrected chi connectivity index (χ2v) is 8.63. The summed E-state index contributed by atoms with van der Waals surface area (Å²) in [6, 6.07) is 22.1. The lowest BCUT2D eigenvalue weighted by molar-refractivity contribution is 0.228. The highest BCUT2D eigenvalue weighted by Gasteiger charge is 2.31. The first-order valence-corrected chi connectivity index (χ1v) is 11.0. The van der Waals surface area contributed by atoms with Crippen LogP contribution in [0.2, 0.25) is 0 Å². The van der Waals surface area contributed by atoms with Crippen molar-refractivity contribution in [2.24, 2.45) is 0 Å². The van der Waals surface area contributed by atoms with E-state index in [4.69, 9.17) is 0 Å². The molecule has 0 amide bonds. The maximum absolute atomic E-state index is 2.50. The zero-order valence-electron chi connectivity index (χ0n) is 18.5. The molecular formula is C26H40N2. The zero-order chi connectivity index (χ0) is 20.2. The van der Waals surface area contributed by atoms with Crippen LogP contribution in [-0.4, -0.2) is 50.6 Å². The maximum Gasteiger partial charge on any atom is 0.00805 e. The molecule has 0 radical (unpaired) electrons. The van der Waals surface area contributed by atoms with Crippen molar-refractivity contribution >= 4 is 0 Å². The predicted molar refractivity (Wildman–Crippen MR) is 123 cm³/mol. The lowest BCUT2D eigenvalue weighted by Gasteiger charge is -2.38. The Kier molecular flexibility index (Phi) is 9.73. The van der Waals surface area contributed by atoms with Crippen molar-refractivity contribution in [3.8, 4) is 0 Å². The van der Waals surface area contributed by atoms with Crippen LogP contribution >= 0.6 is 0 Å². The molecule has 0 N–H and O–H groups in total. The minimum absolute atomic E-state index is 0.265. The molecule has 0 aliphatic heterocycles. The molecular weight excluding hydrogens is 340 g/mol. The van der Waals surface area contributed by atoms with E-state index in [1.54, 1.807) is 0 Å². The number of rotatable bonds is 13. The third-order valence-electron chi connectivity index (χ3n) is 5.83. The van der Waals surface area contributed by atoms with Gasteiger partial charge in [-0.25, -0.2) is 0 Å². The highest BCUT2D eigenvalue weighted by molar-refractivity contribution is 5.26. The minimum Gasteiger partial charge on any atom is -0.309 e. The molecule has 0 saturated carbocycles. The van der Waals surface area contributed by atoms with Crippen molar-refractivity contribution in [1.82, 2.24) is 9.80 Å². The van der Waals surface area contributed by atoms with Crippen LogP contribution in [0.15, 0.2) is 60.7 Å². The molecule has 28 heavy (non-hydrogen) atoms. The van der Waals surface area contributed by atoms with E-state index in [9.17, 15) is 0 Å². The Bertz CT molecular complexity index is 638. The second kappa shape index (κ2) is 12.0. The van der Waals surface area contributed by atoms with Crippen molar-refractivity contribution in [2.45, 2.75) is 50.9 Å². The molecule has 0 aliphatic carbocycles. The predicted octanol–water partition coefficient (Wildman–Crippen LogP) is 5.63. The van der Waals surface area contributed by atoms with E-state index in [-0.39, 0.29) is 5.41 Å². The number of unbranched alkanes of at least 4 members (excludes halogenated alkanes) is 1. The van der Waals surface area contributed by atoms with Crippen molar-refractivity contribution in [2.75, 3.05) is 40.8 Å². The topological polar surface area (TPSA) is 6.48 Å². The van der Waals surface area contributed by atoms with Crippen LogP contribution in [0.5, 0.6) is 0 Å². The molecule has 1 unspecified atom stereocenters. The van der Waals surface area contributed by atoms with E-state index in [2.05, 4.69) is 98.5 Å². The third-order valence-corrected chi connectivity index (χ3v) is 5.83. The largest absolute Gasteiger partial charge is 0.309 e. The van der Waals surface area contributed by atoms with Crippen LogP contribution in [0.3, 0.4) is 0 Å². The molecule has 0 aromatic heterocycles. The molecule has 0 spiro atoms. The number of hydrogen-bond acceptors (Lipinski definition) is 2. The molecule has 0 fully saturated rings. The van der Waals surface area contributed by atoms with Crippen LogP contribution in [0.1, 0.15) is 50.2 Å². The highest BCUT2D eigenvalue weighted by Crippen LogP contribution is 2.35. The van der Waals surface area contributed by atoms with Crippen molar-refractivity contribution in [1.29, 1.82) is 0 Å². The van der Waals surface area contributed by atoms with Crippen LogP contribution in [0.25, 0.3) is 0 Å². The standard InChI is InChI=1S/C26H40N2/c1-5-6-19-26(23-27(2)3,25-16-11-8-12-17-25)20-13-21-28(4)22-18-24-14-9-7-10-15-24/h7-12,14-17H,5-6,13,18-23H2,1-4H3. The van der Waals surface area contributed by atoms with Crippen molar-refractivity contribution in [3.63, 3.8) is 0 Å². The zero-order valence-corrected chi connectivity index (χ0v) is 18.5. The minimum atomic E-state index is 0.265. The smallest absolute Gasteiger partial charge is 0.00805 e. The molecule has 0 aliphatic rings. The summed E-state index contributed by atoms with van der Waals surface area (Å²) in [5.41, 5.74) is 3.22. The number of benzene rings is 2. The summed E-state index contributed by atoms with van der Waals surface area (Å²) >= 11 is 0. The van der Waals surface area contributed by atoms with Gasteiger partial charge in [0.25, 0.3) is 0 Å². The molecule has 2 nitrogen and oxygen atoms in total. The molecule has 0 bridgehead atoms. The molecule has 2 rings (SSSR count). The molecule has 2 heteroatoms. The number of hydrogen-bond donors (Lipinski definition) is 0. The van der Waals surface area contributed by atoms with Crippen LogP contribution in [0.4, 0.5) is 0 Å². The Morgan fingerprint density at radius 1 is 0.750 bits per heavy atom. The summed E-state index contributed by atoms with van der Waals surface area (Å²) in [5.74, 6) is 0. The lowest BCUT2D eigenvalue weighted by Crippen LogP contribution is -2.38. The summed E-state index contributed by atoms with van der Waals surface area (Å²) in [6.07, 6.45) is 7.47. The summed E-state index contributed by atoms with van der Waals surface area (Å²) < 4.78 is 0. The van der Waals surface area contributed by atoms with Gasteiger partial charge in [-0.15, -0.1) is 0 Å². The van der Waals surface area contributed by atoms with Gasteiger partial charge in [0.2, 0.25) is 0 Å². The summed E-state index contributed by atoms with van der Waals surface area (Å²) in [6.45, 7) is 5.74. The Labute approximate surface area is 173 Å². The molecule has 154 valence electrons. The van der Waals surface area contributed by atoms with Crippen LogP contribution in [0, 0.1) is 0 Å². The summed E-state index contributed by atoms with van der Waals surface area (Å²) in [4.78, 5) is 4.88. The first-order chi connectivity index (χ1) is 13.6. The quantitative estimate of drug-likeness (QED) is 0.444.